The van der Waals surface area contributed by atoms with Crippen LogP contribution in [0.5, 0.6) is 0 Å². The molecule has 0 atom stereocenters. The Balaban J connectivity index is 0. The summed E-state index contributed by atoms with van der Waals surface area (Å²) in [5.74, 6) is 0. The van der Waals surface area contributed by atoms with Crippen molar-refractivity contribution in [2.24, 2.45) is 0 Å². The number of hydrogen-bond acceptors (Lipinski definition) is 1. The van der Waals surface area contributed by atoms with Crippen LogP contribution < -0.4 is 0 Å². The molecule has 0 amide bonds. The third-order valence-corrected chi connectivity index (χ3v) is 0. The number of carboxylic acid groups (broad SMARTS) is 1. The summed E-state index contributed by atoms with van der Waals surface area (Å²) in [7, 11) is 0. The Kier molecular flexibility index (Phi) is 9.32. The Labute approximate surface area is 58.7 Å². The minimum atomic E-state index is -0.708. The van der Waals surface area contributed by atoms with Crippen molar-refractivity contribution in [3.63, 3.8) is 0 Å². The Morgan fingerprint density at radius 1 is 1.80 bits per heavy atom. The van der Waals surface area contributed by atoms with Gasteiger partial charge in [0.2, 0.25) is 0 Å². The molecule has 0 rings (SSSR count). The van der Waals surface area contributed by atoms with E-state index in [4.69, 9.17) is 9.90 Å². The summed E-state index contributed by atoms with van der Waals surface area (Å²) >= 11 is 0.347. The molecule has 27 valence electrons. The van der Waals surface area contributed by atoms with Crippen molar-refractivity contribution in [2.45, 2.75) is 0 Å². The number of carbonyl (C=O) groups is 1. The molecule has 0 fully saturated rings. The summed E-state index contributed by atoms with van der Waals surface area (Å²) in [6, 6.07) is 0. The molecule has 0 saturated heterocycles. The predicted octanol–water partition coefficient (Wildman–Crippen LogP) is -0.973. The summed E-state index contributed by atoms with van der Waals surface area (Å²) < 4.78 is -0.708. The van der Waals surface area contributed by atoms with Crippen molar-refractivity contribution in [3.8, 4) is 0 Å². The van der Waals surface area contributed by atoms with Crippen molar-refractivity contribution < 1.29 is 28.2 Å². The molecular formula is CH4BiO2Zn. The van der Waals surface area contributed by atoms with Crippen LogP contribution in [-0.2, 0) is 18.3 Å². The van der Waals surface area contributed by atoms with Crippen LogP contribution in [0.1, 0.15) is 0 Å². The van der Waals surface area contributed by atoms with Gasteiger partial charge in [-0.1, -0.05) is 0 Å². The molecule has 0 bridgehead atoms. The summed E-state index contributed by atoms with van der Waals surface area (Å²) in [6.45, 7) is 0. The molecular weight excluding hydrogens is 318 g/mol. The van der Waals surface area contributed by atoms with Gasteiger partial charge in [0.15, 0.2) is 0 Å². The van der Waals surface area contributed by atoms with Crippen LogP contribution in [0.25, 0.3) is 0 Å². The van der Waals surface area contributed by atoms with Gasteiger partial charge < -0.3 is 0 Å². The third kappa shape index (κ3) is 46.2. The molecule has 0 aliphatic heterocycles. The van der Waals surface area contributed by atoms with Crippen LogP contribution in [0, 0.1) is 0 Å². The van der Waals surface area contributed by atoms with Gasteiger partial charge in [0.05, 0.1) is 0 Å². The Morgan fingerprint density at radius 2 is 1.80 bits per heavy atom. The fraction of sp³-hybridized carbons (Fsp3) is 0. The standard InChI is InChI=1S/CHO2.Bi.Zn.3H/c2-1-3;;;;;/h(H,2,3);;;;;. The fourth-order valence-corrected chi connectivity index (χ4v) is 0. The van der Waals surface area contributed by atoms with E-state index in [0.717, 1.165) is 0 Å². The van der Waals surface area contributed by atoms with Crippen LogP contribution in [0.15, 0.2) is 0 Å². The van der Waals surface area contributed by atoms with E-state index in [0.29, 0.717) is 18.3 Å². The average Bonchev–Trinajstić information content (AvgIpc) is 0.811. The van der Waals surface area contributed by atoms with Crippen molar-refractivity contribution in [1.29, 1.82) is 0 Å². The van der Waals surface area contributed by atoms with Crippen LogP contribution in [0.3, 0.4) is 0 Å². The summed E-state index contributed by atoms with van der Waals surface area (Å²) in [6.07, 6.45) is 0. The zero-order chi connectivity index (χ0) is 3.58. The molecule has 0 aliphatic rings. The van der Waals surface area contributed by atoms with E-state index in [-0.39, 0.29) is 26.2 Å². The Hall–Kier alpha value is 0.976. The molecule has 0 aromatic rings. The van der Waals surface area contributed by atoms with Crippen LogP contribution in [0.4, 0.5) is 4.79 Å². The van der Waals surface area contributed by atoms with Gasteiger partial charge in [-0.25, -0.2) is 0 Å². The number of hydrogen-bond donors (Lipinski definition) is 1. The zero-order valence-corrected chi connectivity index (χ0v) is 11.2. The number of rotatable bonds is 0. The van der Waals surface area contributed by atoms with E-state index in [1.54, 1.807) is 0 Å². The summed E-state index contributed by atoms with van der Waals surface area (Å²) in [5.41, 5.74) is 0. The molecule has 1 N–H and O–H groups in total. The summed E-state index contributed by atoms with van der Waals surface area (Å²) in [4.78, 5) is 9.06. The van der Waals surface area contributed by atoms with Gasteiger partial charge in [-0.15, -0.1) is 0 Å². The van der Waals surface area contributed by atoms with Crippen LogP contribution >= 0.6 is 0 Å². The SMILES string of the molecule is O=[C](O)[Zn].[BiH3]. The molecule has 0 aliphatic carbocycles. The van der Waals surface area contributed by atoms with Gasteiger partial charge in [-0.2, -0.15) is 0 Å². The maximum absolute atomic E-state index is 9.06. The van der Waals surface area contributed by atoms with Gasteiger partial charge >= 0.3 is 59.0 Å². The van der Waals surface area contributed by atoms with E-state index in [1.807, 2.05) is 0 Å². The second-order valence-electron chi connectivity index (χ2n) is 0.394. The van der Waals surface area contributed by atoms with Crippen molar-refractivity contribution in [2.75, 3.05) is 0 Å². The van der Waals surface area contributed by atoms with Gasteiger partial charge in [-0.05, 0) is 0 Å². The first kappa shape index (κ1) is 9.36. The van der Waals surface area contributed by atoms with Crippen molar-refractivity contribution >= 4 is 30.8 Å². The molecule has 0 aromatic carbocycles. The first-order valence-corrected chi connectivity index (χ1v) is 2.26. The van der Waals surface area contributed by atoms with E-state index in [1.165, 1.54) is 0 Å². The molecule has 0 saturated carbocycles. The molecule has 0 heterocycles. The van der Waals surface area contributed by atoms with Crippen molar-refractivity contribution in [3.05, 3.63) is 0 Å². The topological polar surface area (TPSA) is 37.3 Å². The van der Waals surface area contributed by atoms with Crippen LogP contribution in [-0.4, -0.2) is 35.9 Å². The zero-order valence-electron chi connectivity index (χ0n) is 2.77. The molecule has 4 heteroatoms. The quantitative estimate of drug-likeness (QED) is 0.583. The minimum absolute atomic E-state index is 0. The molecule has 0 spiro atoms. The maximum atomic E-state index is 9.06. The van der Waals surface area contributed by atoms with Gasteiger partial charge in [0, 0.05) is 0 Å². The molecule has 2 nitrogen and oxygen atoms in total. The van der Waals surface area contributed by atoms with Crippen molar-refractivity contribution in [1.82, 2.24) is 0 Å². The third-order valence-electron chi connectivity index (χ3n) is 0. The molecule has 5 heavy (non-hydrogen) atoms. The Morgan fingerprint density at radius 3 is 1.80 bits per heavy atom. The van der Waals surface area contributed by atoms with Gasteiger partial charge in [0.25, 0.3) is 0 Å². The second kappa shape index (κ2) is 4.98. The van der Waals surface area contributed by atoms with E-state index in [2.05, 4.69) is 0 Å². The van der Waals surface area contributed by atoms with E-state index >= 15 is 0 Å². The molecule has 0 radical (unpaired) electrons. The van der Waals surface area contributed by atoms with Crippen LogP contribution in [0.2, 0.25) is 0 Å². The first-order chi connectivity index (χ1) is 1.73. The Bertz CT molecular complexity index is 32.6. The average molecular weight is 322 g/mol. The monoisotopic (exact) mass is 321 g/mol. The normalized spacial score (nSPS) is 5.20. The second-order valence-corrected chi connectivity index (χ2v) is 1.66. The predicted molar refractivity (Wildman–Crippen MR) is 18.0 cm³/mol. The fourth-order valence-electron chi connectivity index (χ4n) is 0. The van der Waals surface area contributed by atoms with E-state index in [9.17, 15) is 0 Å². The summed E-state index contributed by atoms with van der Waals surface area (Å²) in [5, 5.41) is 7.47. The van der Waals surface area contributed by atoms with Gasteiger partial charge in [0.1, 0.15) is 0 Å². The first-order valence-electron chi connectivity index (χ1n) is 0.781. The van der Waals surface area contributed by atoms with E-state index < -0.39 is 4.56 Å². The van der Waals surface area contributed by atoms with Gasteiger partial charge in [-0.3, -0.25) is 0 Å². The molecule has 0 aromatic heterocycles. The molecule has 0 unspecified atom stereocenters.